The first-order valence-corrected chi connectivity index (χ1v) is 9.68. The largest absolute Gasteiger partial charge is 0.397 e. The van der Waals surface area contributed by atoms with Crippen LogP contribution in [0.4, 0.5) is 11.4 Å². The van der Waals surface area contributed by atoms with Crippen LogP contribution in [0.5, 0.6) is 0 Å². The van der Waals surface area contributed by atoms with Gasteiger partial charge in [-0.2, -0.15) is 0 Å². The number of benzene rings is 3. The van der Waals surface area contributed by atoms with Crippen molar-refractivity contribution in [1.82, 2.24) is 5.32 Å². The molecule has 0 saturated heterocycles. The number of rotatable bonds is 8. The summed E-state index contributed by atoms with van der Waals surface area (Å²) in [7, 11) is 0. The number of nitrogens with two attached hydrogens (primary N) is 1. The van der Waals surface area contributed by atoms with E-state index in [1.165, 1.54) is 11.1 Å². The molecule has 0 aliphatic heterocycles. The molecule has 3 aromatic carbocycles. The van der Waals surface area contributed by atoms with Crippen molar-refractivity contribution < 1.29 is 4.79 Å². The van der Waals surface area contributed by atoms with Crippen LogP contribution in [0.3, 0.4) is 0 Å². The second-order valence-electron chi connectivity index (χ2n) is 6.86. The van der Waals surface area contributed by atoms with Crippen LogP contribution < -0.4 is 16.0 Å². The van der Waals surface area contributed by atoms with Crippen LogP contribution in [0.2, 0.25) is 0 Å². The molecule has 28 heavy (non-hydrogen) atoms. The van der Waals surface area contributed by atoms with E-state index in [-0.39, 0.29) is 5.91 Å². The molecule has 0 radical (unpaired) electrons. The maximum Gasteiger partial charge on any atom is 0.251 e. The van der Waals surface area contributed by atoms with E-state index in [4.69, 9.17) is 5.73 Å². The molecule has 0 atom stereocenters. The normalized spacial score (nSPS) is 10.5. The molecular weight excluding hydrogens is 346 g/mol. The molecule has 0 heterocycles. The van der Waals surface area contributed by atoms with E-state index in [2.05, 4.69) is 34.5 Å². The quantitative estimate of drug-likeness (QED) is 0.567. The Kier molecular flexibility index (Phi) is 6.68. The highest BCUT2D eigenvalue weighted by atomic mass is 16.1. The number of nitrogens with one attached hydrogen (secondary N) is 1. The summed E-state index contributed by atoms with van der Waals surface area (Å²) in [5.41, 5.74) is 10.9. The van der Waals surface area contributed by atoms with E-state index in [1.54, 1.807) is 6.07 Å². The first-order chi connectivity index (χ1) is 13.7. The molecule has 3 aromatic rings. The van der Waals surface area contributed by atoms with Crippen LogP contribution in [-0.2, 0) is 13.1 Å². The van der Waals surface area contributed by atoms with Crippen molar-refractivity contribution in [2.75, 3.05) is 17.2 Å². The summed E-state index contributed by atoms with van der Waals surface area (Å²) in [6.45, 7) is 4.17. The van der Waals surface area contributed by atoms with E-state index >= 15 is 0 Å². The number of carbonyl (C=O) groups excluding carboxylic acids is 1. The zero-order chi connectivity index (χ0) is 19.8. The van der Waals surface area contributed by atoms with Gasteiger partial charge in [-0.15, -0.1) is 0 Å². The number of hydrogen-bond donors (Lipinski definition) is 2. The minimum absolute atomic E-state index is 0.0854. The van der Waals surface area contributed by atoms with Gasteiger partial charge in [0.2, 0.25) is 0 Å². The Labute approximate surface area is 167 Å². The first kappa shape index (κ1) is 19.5. The van der Waals surface area contributed by atoms with Gasteiger partial charge in [-0.1, -0.05) is 67.6 Å². The van der Waals surface area contributed by atoms with Crippen molar-refractivity contribution in [2.24, 2.45) is 0 Å². The van der Waals surface area contributed by atoms with E-state index in [0.29, 0.717) is 17.8 Å². The van der Waals surface area contributed by atoms with Gasteiger partial charge >= 0.3 is 0 Å². The summed E-state index contributed by atoms with van der Waals surface area (Å²) in [5.74, 6) is -0.0854. The van der Waals surface area contributed by atoms with Crippen LogP contribution in [0, 0.1) is 0 Å². The summed E-state index contributed by atoms with van der Waals surface area (Å²) < 4.78 is 0. The van der Waals surface area contributed by atoms with E-state index in [0.717, 1.165) is 25.2 Å². The van der Waals surface area contributed by atoms with Gasteiger partial charge in [0.25, 0.3) is 5.91 Å². The number of hydrogen-bond acceptors (Lipinski definition) is 3. The van der Waals surface area contributed by atoms with Crippen LogP contribution >= 0.6 is 0 Å². The van der Waals surface area contributed by atoms with Crippen LogP contribution in [0.1, 0.15) is 34.8 Å². The topological polar surface area (TPSA) is 58.4 Å². The molecule has 144 valence electrons. The third-order valence-corrected chi connectivity index (χ3v) is 4.60. The third-order valence-electron chi connectivity index (χ3n) is 4.60. The van der Waals surface area contributed by atoms with Gasteiger partial charge in [0.1, 0.15) is 0 Å². The molecule has 0 saturated carbocycles. The molecule has 4 heteroatoms. The lowest BCUT2D eigenvalue weighted by atomic mass is 10.1. The molecule has 1 amide bonds. The zero-order valence-electron chi connectivity index (χ0n) is 16.3. The Hall–Kier alpha value is -3.27. The fourth-order valence-electron chi connectivity index (χ4n) is 3.16. The molecule has 0 unspecified atom stereocenters. The van der Waals surface area contributed by atoms with Gasteiger partial charge in [0.05, 0.1) is 11.4 Å². The second kappa shape index (κ2) is 9.60. The van der Waals surface area contributed by atoms with Gasteiger partial charge in [-0.25, -0.2) is 0 Å². The van der Waals surface area contributed by atoms with Crippen molar-refractivity contribution in [3.8, 4) is 0 Å². The standard InChI is InChI=1S/C24H27N3O/c1-2-15-26-24(28)21-13-14-23(22(25)16-21)27(17-19-9-5-3-6-10-19)18-20-11-7-4-8-12-20/h3-14,16H,2,15,17-18,25H2,1H3,(H,26,28). The number of carbonyl (C=O) groups is 1. The zero-order valence-corrected chi connectivity index (χ0v) is 16.3. The Balaban J connectivity index is 1.87. The number of amides is 1. The Morgan fingerprint density at radius 3 is 1.96 bits per heavy atom. The summed E-state index contributed by atoms with van der Waals surface area (Å²) in [4.78, 5) is 14.5. The molecule has 0 spiro atoms. The summed E-state index contributed by atoms with van der Waals surface area (Å²) in [6.07, 6.45) is 0.904. The fraction of sp³-hybridized carbons (Fsp3) is 0.208. The van der Waals surface area contributed by atoms with Gasteiger partial charge in [-0.3, -0.25) is 4.79 Å². The molecule has 0 bridgehead atoms. The Morgan fingerprint density at radius 1 is 0.893 bits per heavy atom. The van der Waals surface area contributed by atoms with Gasteiger partial charge in [-0.05, 0) is 35.7 Å². The summed E-state index contributed by atoms with van der Waals surface area (Å²) in [5, 5.41) is 2.90. The van der Waals surface area contributed by atoms with Crippen molar-refractivity contribution in [1.29, 1.82) is 0 Å². The average Bonchev–Trinajstić information content (AvgIpc) is 2.73. The van der Waals surface area contributed by atoms with E-state index in [9.17, 15) is 4.79 Å². The smallest absolute Gasteiger partial charge is 0.251 e. The second-order valence-corrected chi connectivity index (χ2v) is 6.86. The molecule has 4 nitrogen and oxygen atoms in total. The molecule has 0 aromatic heterocycles. The summed E-state index contributed by atoms with van der Waals surface area (Å²) >= 11 is 0. The molecule has 3 rings (SSSR count). The predicted octanol–water partition coefficient (Wildman–Crippen LogP) is 4.62. The molecule has 3 N–H and O–H groups in total. The minimum Gasteiger partial charge on any atom is -0.397 e. The van der Waals surface area contributed by atoms with Crippen molar-refractivity contribution >= 4 is 17.3 Å². The first-order valence-electron chi connectivity index (χ1n) is 9.68. The molecular formula is C24H27N3O. The Bertz CT molecular complexity index is 853. The van der Waals surface area contributed by atoms with Crippen LogP contribution in [-0.4, -0.2) is 12.5 Å². The maximum atomic E-state index is 12.2. The number of anilines is 2. The van der Waals surface area contributed by atoms with Crippen LogP contribution in [0.15, 0.2) is 78.9 Å². The summed E-state index contributed by atoms with van der Waals surface area (Å²) in [6, 6.07) is 26.2. The highest BCUT2D eigenvalue weighted by Gasteiger charge is 2.14. The van der Waals surface area contributed by atoms with Gasteiger partial charge in [0, 0.05) is 25.2 Å². The Morgan fingerprint density at radius 2 is 1.46 bits per heavy atom. The maximum absolute atomic E-state index is 12.2. The number of nitrogens with zero attached hydrogens (tertiary/aromatic N) is 1. The lowest BCUT2D eigenvalue weighted by Crippen LogP contribution is -2.25. The van der Waals surface area contributed by atoms with Crippen molar-refractivity contribution in [3.05, 3.63) is 95.6 Å². The lowest BCUT2D eigenvalue weighted by Gasteiger charge is -2.27. The number of nitrogen functional groups attached to an aromatic ring is 1. The van der Waals surface area contributed by atoms with Gasteiger partial charge < -0.3 is 16.0 Å². The van der Waals surface area contributed by atoms with Gasteiger partial charge in [0.15, 0.2) is 0 Å². The minimum atomic E-state index is -0.0854. The molecule has 0 aliphatic rings. The third kappa shape index (κ3) is 5.13. The van der Waals surface area contributed by atoms with E-state index in [1.807, 2.05) is 55.5 Å². The monoisotopic (exact) mass is 373 g/mol. The van der Waals surface area contributed by atoms with E-state index < -0.39 is 0 Å². The highest BCUT2D eigenvalue weighted by Crippen LogP contribution is 2.28. The molecule has 0 fully saturated rings. The highest BCUT2D eigenvalue weighted by molar-refractivity contribution is 5.96. The van der Waals surface area contributed by atoms with Crippen LogP contribution in [0.25, 0.3) is 0 Å². The SMILES string of the molecule is CCCNC(=O)c1ccc(N(Cc2ccccc2)Cc2ccccc2)c(N)c1. The average molecular weight is 374 g/mol. The predicted molar refractivity (Wildman–Crippen MR) is 116 cm³/mol. The van der Waals surface area contributed by atoms with Crippen molar-refractivity contribution in [2.45, 2.75) is 26.4 Å². The fourth-order valence-corrected chi connectivity index (χ4v) is 3.16. The molecule has 0 aliphatic carbocycles. The van der Waals surface area contributed by atoms with Crippen molar-refractivity contribution in [3.63, 3.8) is 0 Å². The lowest BCUT2D eigenvalue weighted by molar-refractivity contribution is 0.0953.